The average molecular weight is 2550 g/mol. The number of aryl methyl sites for hydroxylation is 4. The summed E-state index contributed by atoms with van der Waals surface area (Å²) in [6.07, 6.45) is 0. The van der Waals surface area contributed by atoms with Crippen LogP contribution < -0.4 is 79.6 Å². The first-order chi connectivity index (χ1) is 67.8. The van der Waals surface area contributed by atoms with Crippen molar-refractivity contribution in [3.63, 3.8) is 0 Å². The van der Waals surface area contributed by atoms with E-state index < -0.39 is 0 Å². The van der Waals surface area contributed by atoms with Crippen LogP contribution in [-0.2, 0) is 0 Å². The maximum Gasteiger partial charge on any atom is 0.158 e. The largest absolute Gasteiger partial charge is 0.504 e. The minimum absolute atomic E-state index is 0. The van der Waals surface area contributed by atoms with Crippen LogP contribution in [0, 0.1) is 27.7 Å². The molecule has 1 aromatic heterocycles. The van der Waals surface area contributed by atoms with E-state index >= 15 is 0 Å². The number of phenols is 6. The van der Waals surface area contributed by atoms with Crippen molar-refractivity contribution in [1.29, 1.82) is 0 Å². The second kappa shape index (κ2) is 53.6. The molecule has 0 atom stereocenters. The third-order valence-corrected chi connectivity index (χ3v) is 22.2. The number of nitrogens with zero attached hydrogens (tertiary/aromatic N) is 2. The maximum absolute atomic E-state index is 9.17. The fourth-order valence-electron chi connectivity index (χ4n) is 14.8. The van der Waals surface area contributed by atoms with Crippen LogP contribution in [0.5, 0.6) is 34.5 Å². The number of aromatic nitrogens is 2. The Hall–Kier alpha value is -13.7. The van der Waals surface area contributed by atoms with Crippen LogP contribution in [-0.4, -0.2) is 52.3 Å². The summed E-state index contributed by atoms with van der Waals surface area (Å²) in [6, 6.07) is 125. The predicted octanol–water partition coefficient (Wildman–Crippen LogP) is 28.4. The fourth-order valence-corrected chi connectivity index (χ4v) is 14.8. The van der Waals surface area contributed by atoms with E-state index in [9.17, 15) is 0 Å². The summed E-state index contributed by atoms with van der Waals surface area (Å²) in [6.45, 7) is 10.3. The van der Waals surface area contributed by atoms with Gasteiger partial charge in [-0.15, -0.1) is 24.0 Å². The van der Waals surface area contributed by atoms with Gasteiger partial charge in [-0.1, -0.05) is 218 Å². The van der Waals surface area contributed by atoms with Crippen molar-refractivity contribution in [1.82, 2.24) is 9.97 Å². The van der Waals surface area contributed by atoms with E-state index in [0.717, 1.165) is 133 Å². The first-order valence-electron chi connectivity index (χ1n) is 44.1. The summed E-state index contributed by atoms with van der Waals surface area (Å²) in [5.74, 6) is -0.452. The molecule has 27 heteroatoms. The SMILES string of the molecule is CCO.Cc1cc(N)c(N)cc1C.Cc1cc2c(cc1C)Nc1cc3ccccc3cc1N2.I.II.I[I-]I.Nc1cc2ccccc2cc1N.Nc1ccccc1N.Oc1cc2ccccc2cc1O.Oc1cc2ccccc2cc1O.Oc1cc2ccccc2cc1O.c1ccc2c(c1)Nc1cc3ccccc3cc1N2.c1ccc2c(c1)Nc1ccccc1N2.c1ccc2nc3ccccc3nc2c1. The molecule has 0 fully saturated rings. The Bertz CT molecular complexity index is 6940. The Kier molecular flexibility index (Phi) is 41.0. The third-order valence-electron chi connectivity index (χ3n) is 22.2. The van der Waals surface area contributed by atoms with E-state index in [4.69, 9.17) is 70.1 Å². The number of hydrogen-bond donors (Lipinski definition) is 19. The molecule has 20 aromatic carbocycles. The van der Waals surface area contributed by atoms with Crippen molar-refractivity contribution < 1.29 is 49.0 Å². The van der Waals surface area contributed by atoms with Crippen molar-refractivity contribution in [2.45, 2.75) is 34.6 Å². The third kappa shape index (κ3) is 30.2. The Labute approximate surface area is 889 Å². The van der Waals surface area contributed by atoms with Gasteiger partial charge >= 0.3 is 50.5 Å². The molecule has 21 aromatic rings. The van der Waals surface area contributed by atoms with Gasteiger partial charge in [0.1, 0.15) is 0 Å². The summed E-state index contributed by atoms with van der Waals surface area (Å²) in [5.41, 5.74) is 59.6. The molecule has 0 bridgehead atoms. The van der Waals surface area contributed by atoms with Gasteiger partial charge < -0.3 is 102 Å². The zero-order valence-electron chi connectivity index (χ0n) is 77.4. The normalized spacial score (nSPS) is 10.6. The summed E-state index contributed by atoms with van der Waals surface area (Å²) in [5, 5.41) is 96.2. The zero-order chi connectivity index (χ0) is 99.7. The number of aliphatic hydroxyl groups is 1. The maximum atomic E-state index is 9.17. The number of nitrogens with two attached hydrogens (primary N) is 6. The van der Waals surface area contributed by atoms with Crippen molar-refractivity contribution in [2.75, 3.05) is 72.9 Å². The molecular formula is C114H107I6N14O7-. The van der Waals surface area contributed by atoms with Gasteiger partial charge in [0.25, 0.3) is 0 Å². The second-order valence-electron chi connectivity index (χ2n) is 32.0. The Morgan fingerprint density at radius 1 is 0.220 bits per heavy atom. The molecule has 0 radical (unpaired) electrons. The van der Waals surface area contributed by atoms with Crippen LogP contribution in [0.15, 0.2) is 388 Å². The standard InChI is InChI=1S/C18H16N2.C16H12N2.C12H10N2.C12H8N2.C10H10N2.3C10H8O2.C8H12N2.C6H8N2.C2H6O.I3.I2.HI/c1-11-7-15-16(8-12(11)2)20-18-10-14-6-4-3-5-13(14)9-17(18)19-15;1-2-6-12-10-16-15(9-11(12)5-1)17-13-7-3-4-8-14(13)18-16;2*1-2-6-10-9(5-1)13-11-7-3-4-8-12(11)14-10;4*11-9-5-7-3-1-2-4-8(7)6-10(9)12;1-5-3-7(9)8(10)4-6(5)2;7-5-3-1-2-4-6(5)8;1-2-3;1-3-2;1-2;/h3-10,19-20H,1-2H3;1-10,17-18H;1-8,13-14H;1-8H;1-6H,11-12H2;3*1-6,11-12H;3-4H,9-10H2,1-2H3;1-4H,7-8H2;3H,2H2,1H3;;;1H/q;;;;;;;;;;;-1;;. The number of hydrogen-bond acceptors (Lipinski definition) is 21. The Morgan fingerprint density at radius 3 is 0.567 bits per heavy atom. The number of nitrogens with one attached hydrogen (secondary N) is 6. The molecule has 0 unspecified atom stereocenters. The number of aliphatic hydroxyl groups excluding tert-OH is 1. The molecule has 0 saturated carbocycles. The number of halogens is 6. The van der Waals surface area contributed by atoms with E-state index in [2.05, 4.69) is 252 Å². The van der Waals surface area contributed by atoms with Crippen molar-refractivity contribution in [3.05, 3.63) is 411 Å². The number of nitrogen functional groups attached to an aromatic ring is 6. The molecular weight excluding hydrogens is 2440 g/mol. The van der Waals surface area contributed by atoms with Gasteiger partial charge in [0, 0.05) is 43.8 Å². The van der Waals surface area contributed by atoms with E-state index in [-0.39, 0.29) is 65.1 Å². The minimum Gasteiger partial charge on any atom is -0.504 e. The molecule has 141 heavy (non-hydrogen) atoms. The molecule has 0 amide bonds. The fraction of sp³-hybridized carbons (Fsp3) is 0.0526. The summed E-state index contributed by atoms with van der Waals surface area (Å²) in [4.78, 5) is 9.03. The number of benzene rings is 20. The van der Waals surface area contributed by atoms with Crippen LogP contribution in [0.4, 0.5) is 102 Å². The number of fused-ring (bicyclic) bond motifs is 14. The van der Waals surface area contributed by atoms with Gasteiger partial charge in [-0.2, -0.15) is 0 Å². The zero-order valence-corrected chi connectivity index (χ0v) is 90.6. The quantitative estimate of drug-likeness (QED) is 0.0290. The van der Waals surface area contributed by atoms with Gasteiger partial charge in [-0.3, -0.25) is 0 Å². The summed E-state index contributed by atoms with van der Waals surface area (Å²) in [7, 11) is 0. The van der Waals surface area contributed by atoms with Gasteiger partial charge in [0.05, 0.1) is 124 Å². The van der Waals surface area contributed by atoms with Crippen LogP contribution in [0.1, 0.15) is 29.2 Å². The second-order valence-corrected chi connectivity index (χ2v) is 48.3. The first-order valence-corrected chi connectivity index (χ1v) is 62.9. The van der Waals surface area contributed by atoms with Crippen LogP contribution >= 0.6 is 98.4 Å². The van der Waals surface area contributed by atoms with E-state index in [1.54, 1.807) is 55.5 Å². The van der Waals surface area contributed by atoms with Crippen LogP contribution in [0.25, 0.3) is 86.7 Å². The molecule has 3 aliphatic rings. The summed E-state index contributed by atoms with van der Waals surface area (Å²) < 4.78 is 0. The molecule has 0 aliphatic carbocycles. The average Bonchev–Trinajstić information content (AvgIpc) is 0.810. The molecule has 718 valence electrons. The van der Waals surface area contributed by atoms with Gasteiger partial charge in [-0.05, 0) is 291 Å². The first kappa shape index (κ1) is 108. The van der Waals surface area contributed by atoms with Crippen LogP contribution in [0.3, 0.4) is 0 Å². The molecule has 4 heterocycles. The van der Waals surface area contributed by atoms with E-state index in [1.165, 1.54) is 43.8 Å². The number of anilines is 18. The molecule has 0 saturated heterocycles. The predicted molar refractivity (Wildman–Crippen MR) is 639 cm³/mol. The van der Waals surface area contributed by atoms with Crippen molar-refractivity contribution >= 4 is 288 Å². The number of phenolic OH excluding ortho intramolecular Hbond substituents is 6. The van der Waals surface area contributed by atoms with Crippen LogP contribution in [0.2, 0.25) is 0 Å². The van der Waals surface area contributed by atoms with Gasteiger partial charge in [0.15, 0.2) is 34.5 Å². The Morgan fingerprint density at radius 2 is 0.362 bits per heavy atom. The summed E-state index contributed by atoms with van der Waals surface area (Å²) >= 11 is 9.54. The molecule has 0 spiro atoms. The Balaban J connectivity index is 0.000000150. The molecule has 3 aliphatic heterocycles. The smallest absolute Gasteiger partial charge is 0.158 e. The van der Waals surface area contributed by atoms with Crippen molar-refractivity contribution in [3.8, 4) is 34.5 Å². The molecule has 24 rings (SSSR count). The molecule has 25 N–H and O–H groups in total. The number of aromatic hydroxyl groups is 6. The van der Waals surface area contributed by atoms with E-state index in [0.29, 0.717) is 47.4 Å². The number of rotatable bonds is 0. The van der Waals surface area contributed by atoms with Gasteiger partial charge in [-0.25, -0.2) is 9.97 Å². The number of para-hydroxylation sites is 12. The monoisotopic (exact) mass is 2550 g/mol. The van der Waals surface area contributed by atoms with Crippen molar-refractivity contribution in [2.24, 2.45) is 0 Å². The minimum atomic E-state index is -0.0753. The molecule has 21 nitrogen and oxygen atoms in total. The van der Waals surface area contributed by atoms with Gasteiger partial charge in [0.2, 0.25) is 0 Å². The van der Waals surface area contributed by atoms with E-state index in [1.807, 2.05) is 232 Å². The topological polar surface area (TPSA) is 396 Å².